The van der Waals surface area contributed by atoms with Crippen LogP contribution >= 0.6 is 0 Å². The Bertz CT molecular complexity index is 756. The summed E-state index contributed by atoms with van der Waals surface area (Å²) in [6.07, 6.45) is 4.85. The van der Waals surface area contributed by atoms with E-state index in [0.717, 1.165) is 30.3 Å². The van der Waals surface area contributed by atoms with Gasteiger partial charge < -0.3 is 19.2 Å². The number of fused-ring (bicyclic) bond motifs is 1. The summed E-state index contributed by atoms with van der Waals surface area (Å²) in [5.41, 5.74) is 2.42. The van der Waals surface area contributed by atoms with E-state index in [2.05, 4.69) is 29.2 Å². The Kier molecular flexibility index (Phi) is 7.94. The fraction of sp³-hybridized carbons (Fsp3) is 0.458. The second-order valence-corrected chi connectivity index (χ2v) is 7.61. The molecule has 4 rings (SSSR count). The number of oxime groups is 1. The van der Waals surface area contributed by atoms with Gasteiger partial charge in [0.2, 0.25) is 0 Å². The number of hydrogen-bond acceptors (Lipinski definition) is 5. The van der Waals surface area contributed by atoms with Gasteiger partial charge in [0.15, 0.2) is 11.5 Å². The maximum atomic E-state index is 5.51. The first-order valence-corrected chi connectivity index (χ1v) is 10.3. The molecule has 0 N–H and O–H groups in total. The zero-order valence-electron chi connectivity index (χ0n) is 17.7. The highest BCUT2D eigenvalue weighted by Crippen LogP contribution is 2.34. The van der Waals surface area contributed by atoms with Crippen molar-refractivity contribution in [3.8, 4) is 11.5 Å². The quantitative estimate of drug-likeness (QED) is 0.683. The number of benzene rings is 2. The summed E-state index contributed by atoms with van der Waals surface area (Å²) in [7, 11) is 5.48. The Morgan fingerprint density at radius 1 is 0.931 bits per heavy atom. The van der Waals surface area contributed by atoms with Crippen LogP contribution in [-0.2, 0) is 11.4 Å². The lowest BCUT2D eigenvalue weighted by molar-refractivity contribution is 0.126. The molecule has 2 atom stereocenters. The van der Waals surface area contributed by atoms with Crippen LogP contribution in [-0.4, -0.2) is 44.5 Å². The summed E-state index contributed by atoms with van der Waals surface area (Å²) in [5, 5.41) is 4.36. The molecule has 5 nitrogen and oxygen atoms in total. The number of rotatable bonds is 5. The van der Waals surface area contributed by atoms with E-state index in [1.165, 1.54) is 30.7 Å². The first kappa shape index (κ1) is 21.2. The highest BCUT2D eigenvalue weighted by Gasteiger charge is 2.35. The Balaban J connectivity index is 0.000000204. The van der Waals surface area contributed by atoms with E-state index in [4.69, 9.17) is 14.3 Å². The fourth-order valence-electron chi connectivity index (χ4n) is 4.08. The second-order valence-electron chi connectivity index (χ2n) is 7.61. The highest BCUT2D eigenvalue weighted by atomic mass is 16.6. The summed E-state index contributed by atoms with van der Waals surface area (Å²) < 4.78 is 10.0. The molecule has 156 valence electrons. The van der Waals surface area contributed by atoms with Crippen LogP contribution in [0.4, 0.5) is 0 Å². The van der Waals surface area contributed by atoms with Crippen molar-refractivity contribution in [1.82, 2.24) is 4.90 Å². The Morgan fingerprint density at radius 3 is 2.24 bits per heavy atom. The van der Waals surface area contributed by atoms with Gasteiger partial charge in [0.1, 0.15) is 6.61 Å². The first-order valence-electron chi connectivity index (χ1n) is 10.3. The molecule has 0 aromatic heterocycles. The number of hydrogen-bond donors (Lipinski definition) is 0. The predicted molar refractivity (Wildman–Crippen MR) is 117 cm³/mol. The van der Waals surface area contributed by atoms with Crippen molar-refractivity contribution in [2.75, 3.05) is 27.8 Å². The van der Waals surface area contributed by atoms with Gasteiger partial charge in [-0.3, -0.25) is 0 Å². The standard InChI is InChI=1S/C16H22N2O.C8H10O2/c1-18-10-9-14-7-8-15(11-16(14)18)17-19-12-13-5-3-2-4-6-13;1-9-7-5-3-4-6-8(7)10-2/h2-6,14,16H,7-12H2,1H3;3-6H,1-2H3/b17-15+;. The largest absolute Gasteiger partial charge is 0.493 e. The molecule has 1 aliphatic heterocycles. The molecule has 0 bridgehead atoms. The molecule has 2 aromatic rings. The van der Waals surface area contributed by atoms with Crippen LogP contribution in [0.3, 0.4) is 0 Å². The van der Waals surface area contributed by atoms with Gasteiger partial charge in [-0.25, -0.2) is 0 Å². The number of likely N-dealkylation sites (tertiary alicyclic amines) is 1. The monoisotopic (exact) mass is 396 g/mol. The van der Waals surface area contributed by atoms with Gasteiger partial charge >= 0.3 is 0 Å². The Morgan fingerprint density at radius 2 is 1.59 bits per heavy atom. The van der Waals surface area contributed by atoms with Gasteiger partial charge in [-0.1, -0.05) is 47.6 Å². The van der Waals surface area contributed by atoms with E-state index >= 15 is 0 Å². The average molecular weight is 397 g/mol. The Labute approximate surface area is 174 Å². The molecule has 5 heteroatoms. The van der Waals surface area contributed by atoms with Gasteiger partial charge in [-0.15, -0.1) is 0 Å². The van der Waals surface area contributed by atoms with Gasteiger partial charge in [-0.05, 0) is 56.5 Å². The van der Waals surface area contributed by atoms with Crippen LogP contribution in [0.1, 0.15) is 31.2 Å². The van der Waals surface area contributed by atoms with Crippen molar-refractivity contribution in [3.63, 3.8) is 0 Å². The van der Waals surface area contributed by atoms with Crippen molar-refractivity contribution >= 4 is 5.71 Å². The third-order valence-electron chi connectivity index (χ3n) is 5.77. The average Bonchev–Trinajstić information content (AvgIpc) is 3.15. The molecule has 1 heterocycles. The van der Waals surface area contributed by atoms with Gasteiger partial charge in [0, 0.05) is 12.5 Å². The van der Waals surface area contributed by atoms with Crippen LogP contribution in [0.2, 0.25) is 0 Å². The highest BCUT2D eigenvalue weighted by molar-refractivity contribution is 5.85. The maximum absolute atomic E-state index is 5.51. The lowest BCUT2D eigenvalue weighted by Crippen LogP contribution is -2.35. The molecule has 1 saturated carbocycles. The zero-order valence-corrected chi connectivity index (χ0v) is 17.7. The Hall–Kier alpha value is -2.53. The van der Waals surface area contributed by atoms with E-state index in [9.17, 15) is 0 Å². The van der Waals surface area contributed by atoms with E-state index in [1.54, 1.807) is 14.2 Å². The van der Waals surface area contributed by atoms with E-state index in [1.807, 2.05) is 42.5 Å². The fourth-order valence-corrected chi connectivity index (χ4v) is 4.08. The molecule has 2 aliphatic rings. The van der Waals surface area contributed by atoms with Crippen LogP contribution in [0.15, 0.2) is 59.8 Å². The van der Waals surface area contributed by atoms with Crippen molar-refractivity contribution in [1.29, 1.82) is 0 Å². The summed E-state index contributed by atoms with van der Waals surface area (Å²) in [4.78, 5) is 8.00. The van der Waals surface area contributed by atoms with E-state index < -0.39 is 0 Å². The minimum Gasteiger partial charge on any atom is -0.493 e. The van der Waals surface area contributed by atoms with Crippen molar-refractivity contribution in [2.45, 2.75) is 38.3 Å². The summed E-state index contributed by atoms with van der Waals surface area (Å²) in [6, 6.07) is 18.5. The molecule has 1 saturated heterocycles. The number of nitrogens with zero attached hydrogens (tertiary/aromatic N) is 2. The molecule has 2 unspecified atom stereocenters. The van der Waals surface area contributed by atoms with Crippen molar-refractivity contribution in [2.24, 2.45) is 11.1 Å². The molecular weight excluding hydrogens is 364 g/mol. The molecule has 0 spiro atoms. The predicted octanol–water partition coefficient (Wildman–Crippen LogP) is 4.77. The molecule has 0 amide bonds. The molecule has 1 aliphatic carbocycles. The van der Waals surface area contributed by atoms with Gasteiger partial charge in [0.25, 0.3) is 0 Å². The molecule has 0 radical (unpaired) electrons. The molecule has 2 fully saturated rings. The molecular formula is C24H32N2O3. The number of para-hydroxylation sites is 2. The summed E-state index contributed by atoms with van der Waals surface area (Å²) in [6.45, 7) is 1.82. The van der Waals surface area contributed by atoms with Gasteiger partial charge in [0.05, 0.1) is 19.9 Å². The van der Waals surface area contributed by atoms with Crippen molar-refractivity contribution < 1.29 is 14.3 Å². The lowest BCUT2D eigenvalue weighted by atomic mass is 9.84. The lowest BCUT2D eigenvalue weighted by Gasteiger charge is -2.29. The molecule has 2 aromatic carbocycles. The van der Waals surface area contributed by atoms with E-state index in [0.29, 0.717) is 12.6 Å². The number of methoxy groups -OCH3 is 2. The van der Waals surface area contributed by atoms with Gasteiger partial charge in [-0.2, -0.15) is 0 Å². The number of ether oxygens (including phenoxy) is 2. The molecule has 29 heavy (non-hydrogen) atoms. The SMILES string of the molecule is CN1CCC2CC/C(=N\OCc3ccccc3)CC21.COc1ccccc1OC. The second kappa shape index (κ2) is 10.9. The van der Waals surface area contributed by atoms with Crippen LogP contribution in [0.5, 0.6) is 11.5 Å². The normalized spacial score (nSPS) is 22.4. The van der Waals surface area contributed by atoms with Crippen LogP contribution < -0.4 is 9.47 Å². The third kappa shape index (κ3) is 5.97. The van der Waals surface area contributed by atoms with E-state index in [-0.39, 0.29) is 0 Å². The minimum atomic E-state index is 0.578. The third-order valence-corrected chi connectivity index (χ3v) is 5.77. The smallest absolute Gasteiger partial charge is 0.160 e. The van der Waals surface area contributed by atoms with Crippen LogP contribution in [0, 0.1) is 5.92 Å². The summed E-state index contributed by atoms with van der Waals surface area (Å²) in [5.74, 6) is 2.42. The van der Waals surface area contributed by atoms with Crippen molar-refractivity contribution in [3.05, 3.63) is 60.2 Å². The maximum Gasteiger partial charge on any atom is 0.160 e. The zero-order chi connectivity index (χ0) is 20.5. The minimum absolute atomic E-state index is 0.578. The topological polar surface area (TPSA) is 43.3 Å². The van der Waals surface area contributed by atoms with Crippen LogP contribution in [0.25, 0.3) is 0 Å². The first-order chi connectivity index (χ1) is 14.2. The summed E-state index contributed by atoms with van der Waals surface area (Å²) >= 11 is 0.